The molecular weight excluding hydrogens is 403 g/mol. The highest BCUT2D eigenvalue weighted by molar-refractivity contribution is 6.77. The normalized spacial score (nSPS) is 16.4. The molecule has 1 aromatic carbocycles. The second-order valence-electron chi connectivity index (χ2n) is 9.92. The van der Waals surface area contributed by atoms with Gasteiger partial charge >= 0.3 is 0 Å². The molecular formula is C26H37FN2OSi. The summed E-state index contributed by atoms with van der Waals surface area (Å²) in [5.74, 6) is -0.131. The first-order chi connectivity index (χ1) is 14.6. The van der Waals surface area contributed by atoms with Crippen LogP contribution < -0.4 is 0 Å². The molecule has 0 fully saturated rings. The van der Waals surface area contributed by atoms with Gasteiger partial charge in [-0.05, 0) is 47.3 Å². The molecule has 0 atom stereocenters. The third kappa shape index (κ3) is 4.14. The molecule has 0 saturated heterocycles. The van der Waals surface area contributed by atoms with E-state index in [1.807, 2.05) is 0 Å². The van der Waals surface area contributed by atoms with Crippen molar-refractivity contribution < 1.29 is 9.18 Å². The van der Waals surface area contributed by atoms with Crippen LogP contribution in [0.2, 0.25) is 18.1 Å². The molecule has 2 aromatic rings. The average Bonchev–Trinajstić information content (AvgIpc) is 2.74. The van der Waals surface area contributed by atoms with Crippen LogP contribution in [0.25, 0.3) is 11.1 Å². The summed E-state index contributed by atoms with van der Waals surface area (Å²) < 4.78 is 16.5. The Hall–Kier alpha value is -1.85. The van der Waals surface area contributed by atoms with Crippen molar-refractivity contribution in [2.24, 2.45) is 0 Å². The molecule has 1 aliphatic heterocycles. The van der Waals surface area contributed by atoms with Crippen LogP contribution in [0.3, 0.4) is 0 Å². The summed E-state index contributed by atoms with van der Waals surface area (Å²) in [6.45, 7) is 17.5. The SMILES string of the molecule is CC[Si](CC)(CC)N1Cc2c(nc(C(C)C)c(C=O)c2-c2ccc(F)cc2)C(C)(C)C1. The lowest BCUT2D eigenvalue weighted by Gasteiger charge is -2.49. The molecule has 3 nitrogen and oxygen atoms in total. The van der Waals surface area contributed by atoms with E-state index in [0.717, 1.165) is 47.5 Å². The largest absolute Gasteiger partial charge is 0.318 e. The third-order valence-corrected chi connectivity index (χ3v) is 13.0. The minimum Gasteiger partial charge on any atom is -0.318 e. The summed E-state index contributed by atoms with van der Waals surface area (Å²) >= 11 is 0. The number of aldehydes is 1. The predicted octanol–water partition coefficient (Wildman–Crippen LogP) is 6.92. The Labute approximate surface area is 188 Å². The fraction of sp³-hybridized carbons (Fsp3) is 0.538. The second-order valence-corrected chi connectivity index (χ2v) is 15.1. The van der Waals surface area contributed by atoms with Gasteiger partial charge in [0.05, 0.1) is 11.4 Å². The zero-order valence-corrected chi connectivity index (χ0v) is 21.2. The van der Waals surface area contributed by atoms with Gasteiger partial charge in [0.15, 0.2) is 6.29 Å². The van der Waals surface area contributed by atoms with Crippen LogP contribution >= 0.6 is 0 Å². The molecule has 5 heteroatoms. The zero-order valence-electron chi connectivity index (χ0n) is 20.2. The van der Waals surface area contributed by atoms with Gasteiger partial charge in [-0.3, -0.25) is 9.78 Å². The van der Waals surface area contributed by atoms with Gasteiger partial charge in [-0.15, -0.1) is 0 Å². The van der Waals surface area contributed by atoms with E-state index in [2.05, 4.69) is 53.0 Å². The molecule has 0 amide bonds. The standard InChI is InChI=1S/C26H37FN2OSi/c1-8-31(9-2,10-3)29-15-21-23(19-11-13-20(27)14-12-19)22(16-30)24(18(4)5)28-25(21)26(6,7)17-29/h11-14,16,18H,8-10,15,17H2,1-7H3. The van der Waals surface area contributed by atoms with E-state index in [0.29, 0.717) is 5.56 Å². The Morgan fingerprint density at radius 3 is 2.19 bits per heavy atom. The summed E-state index contributed by atoms with van der Waals surface area (Å²) in [5, 5.41) is 0. The van der Waals surface area contributed by atoms with Crippen molar-refractivity contribution in [2.75, 3.05) is 6.54 Å². The Morgan fingerprint density at radius 1 is 1.13 bits per heavy atom. The number of hydrogen-bond acceptors (Lipinski definition) is 3. The number of rotatable bonds is 7. The molecule has 1 aromatic heterocycles. The molecule has 0 aliphatic carbocycles. The van der Waals surface area contributed by atoms with Crippen LogP contribution in [0.4, 0.5) is 4.39 Å². The van der Waals surface area contributed by atoms with Crippen LogP contribution in [0.5, 0.6) is 0 Å². The fourth-order valence-corrected chi connectivity index (χ4v) is 9.50. The lowest BCUT2D eigenvalue weighted by Crippen LogP contribution is -2.58. The first-order valence-electron chi connectivity index (χ1n) is 11.7. The molecule has 0 bridgehead atoms. The van der Waals surface area contributed by atoms with Crippen LogP contribution in [0.15, 0.2) is 24.3 Å². The lowest BCUT2D eigenvalue weighted by molar-refractivity contribution is 0.112. The van der Waals surface area contributed by atoms with Crippen molar-refractivity contribution >= 4 is 14.5 Å². The van der Waals surface area contributed by atoms with Gasteiger partial charge in [0.25, 0.3) is 0 Å². The monoisotopic (exact) mass is 440 g/mol. The summed E-state index contributed by atoms with van der Waals surface area (Å²) in [6.07, 6.45) is 0.956. The number of carbonyl (C=O) groups is 1. The number of fused-ring (bicyclic) bond motifs is 1. The Bertz CT molecular complexity index is 941. The molecule has 2 heterocycles. The number of benzene rings is 1. The molecule has 0 unspecified atom stereocenters. The smallest absolute Gasteiger partial charge is 0.152 e. The second kappa shape index (κ2) is 8.95. The first kappa shape index (κ1) is 23.8. The maximum Gasteiger partial charge on any atom is 0.152 e. The minimum absolute atomic E-state index is 0.120. The van der Waals surface area contributed by atoms with E-state index in [9.17, 15) is 9.18 Å². The summed E-state index contributed by atoms with van der Waals surface area (Å²) in [4.78, 5) is 17.5. The fourth-order valence-electron chi connectivity index (χ4n) is 5.43. The van der Waals surface area contributed by atoms with Gasteiger partial charge in [-0.2, -0.15) is 0 Å². The van der Waals surface area contributed by atoms with E-state index >= 15 is 0 Å². The van der Waals surface area contributed by atoms with Crippen LogP contribution in [0.1, 0.15) is 81.7 Å². The van der Waals surface area contributed by atoms with Crippen molar-refractivity contribution in [3.63, 3.8) is 0 Å². The molecule has 31 heavy (non-hydrogen) atoms. The van der Waals surface area contributed by atoms with Gasteiger partial charge < -0.3 is 4.57 Å². The average molecular weight is 441 g/mol. The third-order valence-electron chi connectivity index (χ3n) is 7.38. The van der Waals surface area contributed by atoms with Gasteiger partial charge in [0.2, 0.25) is 0 Å². The predicted molar refractivity (Wildman–Crippen MR) is 130 cm³/mol. The van der Waals surface area contributed by atoms with E-state index in [4.69, 9.17) is 4.98 Å². The number of aromatic nitrogens is 1. The summed E-state index contributed by atoms with van der Waals surface area (Å²) in [5.41, 5.74) is 5.50. The van der Waals surface area contributed by atoms with Crippen molar-refractivity contribution in [3.8, 4) is 11.1 Å². The van der Waals surface area contributed by atoms with Crippen molar-refractivity contribution in [3.05, 3.63) is 52.6 Å². The molecule has 0 radical (unpaired) electrons. The Kier molecular flexibility index (Phi) is 6.87. The molecule has 0 spiro atoms. The number of nitrogens with zero attached hydrogens (tertiary/aromatic N) is 2. The topological polar surface area (TPSA) is 33.2 Å². The van der Waals surface area contributed by atoms with E-state index in [1.54, 1.807) is 12.1 Å². The molecule has 0 N–H and O–H groups in total. The molecule has 1 aliphatic rings. The van der Waals surface area contributed by atoms with Gasteiger partial charge in [0.1, 0.15) is 14.1 Å². The quantitative estimate of drug-likeness (QED) is 0.346. The Morgan fingerprint density at radius 2 is 1.71 bits per heavy atom. The highest BCUT2D eigenvalue weighted by Gasteiger charge is 2.44. The minimum atomic E-state index is -1.61. The van der Waals surface area contributed by atoms with Crippen molar-refractivity contribution in [1.29, 1.82) is 0 Å². The molecule has 0 saturated carbocycles. The summed E-state index contributed by atoms with van der Waals surface area (Å²) in [7, 11) is -1.61. The van der Waals surface area contributed by atoms with Crippen LogP contribution in [-0.2, 0) is 12.0 Å². The highest BCUT2D eigenvalue weighted by atomic mass is 28.3. The van der Waals surface area contributed by atoms with Gasteiger partial charge in [0, 0.05) is 29.6 Å². The van der Waals surface area contributed by atoms with Crippen LogP contribution in [0, 0.1) is 5.82 Å². The number of carbonyl (C=O) groups excluding carboxylic acids is 1. The van der Waals surface area contributed by atoms with Crippen LogP contribution in [-0.4, -0.2) is 30.6 Å². The number of hydrogen-bond donors (Lipinski definition) is 0. The molecule has 3 rings (SSSR count). The van der Waals surface area contributed by atoms with Gasteiger partial charge in [-0.1, -0.05) is 60.6 Å². The maximum atomic E-state index is 13.7. The lowest BCUT2D eigenvalue weighted by atomic mass is 9.78. The number of halogens is 1. The van der Waals surface area contributed by atoms with E-state index in [-0.39, 0.29) is 17.2 Å². The maximum absolute atomic E-state index is 13.7. The Balaban J connectivity index is 2.35. The number of pyridine rings is 1. The van der Waals surface area contributed by atoms with E-state index in [1.165, 1.54) is 30.3 Å². The zero-order chi connectivity index (χ0) is 23.0. The highest BCUT2D eigenvalue weighted by Crippen LogP contribution is 2.43. The van der Waals surface area contributed by atoms with Crippen molar-refractivity contribution in [2.45, 2.75) is 84.5 Å². The molecule has 168 valence electrons. The first-order valence-corrected chi connectivity index (χ1v) is 14.2. The van der Waals surface area contributed by atoms with E-state index < -0.39 is 8.24 Å². The van der Waals surface area contributed by atoms with Gasteiger partial charge in [-0.25, -0.2) is 4.39 Å². The summed E-state index contributed by atoms with van der Waals surface area (Å²) in [6, 6.07) is 10.2. The van der Waals surface area contributed by atoms with Crippen molar-refractivity contribution in [1.82, 2.24) is 9.55 Å².